The lowest BCUT2D eigenvalue weighted by atomic mass is 9.84. The molecule has 1 N–H and O–H groups in total. The second-order valence-corrected chi connectivity index (χ2v) is 5.93. The van der Waals surface area contributed by atoms with Gasteiger partial charge in [0.2, 0.25) is 0 Å². The van der Waals surface area contributed by atoms with Crippen LogP contribution in [0.3, 0.4) is 0 Å². The summed E-state index contributed by atoms with van der Waals surface area (Å²) in [5, 5.41) is 3.81. The Morgan fingerprint density at radius 1 is 1.22 bits per heavy atom. The average Bonchev–Trinajstić information content (AvgIpc) is 2.39. The summed E-state index contributed by atoms with van der Waals surface area (Å²) in [5.74, 6) is 0.984. The molecule has 0 saturated heterocycles. The highest BCUT2D eigenvalue weighted by Crippen LogP contribution is 2.28. The Morgan fingerprint density at radius 2 is 1.94 bits per heavy atom. The largest absolute Gasteiger partial charge is 0.307 e. The molecule has 0 amide bonds. The van der Waals surface area contributed by atoms with Crippen LogP contribution < -0.4 is 5.32 Å². The average molecular weight is 245 g/mol. The van der Waals surface area contributed by atoms with E-state index in [0.717, 1.165) is 12.0 Å². The smallest absolute Gasteiger partial charge is 0.0294 e. The van der Waals surface area contributed by atoms with E-state index in [1.54, 1.807) is 0 Å². The maximum atomic E-state index is 3.81. The van der Waals surface area contributed by atoms with Crippen molar-refractivity contribution in [2.24, 2.45) is 5.92 Å². The van der Waals surface area contributed by atoms with Gasteiger partial charge < -0.3 is 5.32 Å². The molecule has 1 saturated carbocycles. The Bertz CT molecular complexity index is 364. The molecule has 1 atom stereocenters. The normalized spacial score (nSPS) is 25.9. The van der Waals surface area contributed by atoms with Gasteiger partial charge >= 0.3 is 0 Å². The van der Waals surface area contributed by atoms with Crippen molar-refractivity contribution in [2.45, 2.75) is 65.0 Å². The van der Waals surface area contributed by atoms with Gasteiger partial charge in [-0.05, 0) is 51.0 Å². The van der Waals surface area contributed by atoms with Gasteiger partial charge in [0.1, 0.15) is 0 Å². The van der Waals surface area contributed by atoms with E-state index >= 15 is 0 Å². The van der Waals surface area contributed by atoms with E-state index in [4.69, 9.17) is 0 Å². The summed E-state index contributed by atoms with van der Waals surface area (Å²) in [6.07, 6.45) is 6.90. The molecule has 18 heavy (non-hydrogen) atoms. The summed E-state index contributed by atoms with van der Waals surface area (Å²) in [6.45, 7) is 6.79. The minimum Gasteiger partial charge on any atom is -0.307 e. The lowest BCUT2D eigenvalue weighted by Gasteiger charge is -2.31. The number of aryl methyl sites for hydroxylation is 1. The molecule has 0 spiro atoms. The van der Waals surface area contributed by atoms with Crippen molar-refractivity contribution in [3.63, 3.8) is 0 Å². The zero-order valence-electron chi connectivity index (χ0n) is 12.1. The van der Waals surface area contributed by atoms with Crippen molar-refractivity contribution in [3.8, 4) is 0 Å². The van der Waals surface area contributed by atoms with Crippen molar-refractivity contribution in [1.82, 2.24) is 5.32 Å². The van der Waals surface area contributed by atoms with Gasteiger partial charge in [-0.2, -0.15) is 0 Å². The summed E-state index contributed by atoms with van der Waals surface area (Å²) in [7, 11) is 0. The molecule has 2 rings (SSSR count). The van der Waals surface area contributed by atoms with Crippen molar-refractivity contribution in [1.29, 1.82) is 0 Å². The quantitative estimate of drug-likeness (QED) is 0.816. The number of benzene rings is 1. The molecular weight excluding hydrogens is 218 g/mol. The zero-order chi connectivity index (χ0) is 13.0. The SMILES string of the molecule is CCC1CCC(NC(C)c2cccc(C)c2)CC1. The van der Waals surface area contributed by atoms with Crippen LogP contribution in [-0.4, -0.2) is 6.04 Å². The second-order valence-electron chi connectivity index (χ2n) is 5.93. The predicted octanol–water partition coefficient (Wildman–Crippen LogP) is 4.61. The van der Waals surface area contributed by atoms with Gasteiger partial charge in [-0.3, -0.25) is 0 Å². The Hall–Kier alpha value is -0.820. The lowest BCUT2D eigenvalue weighted by molar-refractivity contribution is 0.273. The molecule has 1 fully saturated rings. The monoisotopic (exact) mass is 245 g/mol. The number of nitrogens with one attached hydrogen (secondary N) is 1. The first-order valence-corrected chi connectivity index (χ1v) is 7.51. The van der Waals surface area contributed by atoms with Crippen LogP contribution in [0.4, 0.5) is 0 Å². The summed E-state index contributed by atoms with van der Waals surface area (Å²) >= 11 is 0. The van der Waals surface area contributed by atoms with Gasteiger partial charge in [-0.1, -0.05) is 43.2 Å². The maximum Gasteiger partial charge on any atom is 0.0294 e. The molecule has 1 unspecified atom stereocenters. The minimum atomic E-state index is 0.480. The zero-order valence-corrected chi connectivity index (χ0v) is 12.1. The lowest BCUT2D eigenvalue weighted by Crippen LogP contribution is -2.34. The topological polar surface area (TPSA) is 12.0 Å². The highest BCUT2D eigenvalue weighted by atomic mass is 14.9. The first kappa shape index (κ1) is 13.6. The number of hydrogen-bond donors (Lipinski definition) is 1. The molecule has 0 bridgehead atoms. The highest BCUT2D eigenvalue weighted by molar-refractivity contribution is 5.24. The Kier molecular flexibility index (Phi) is 4.82. The van der Waals surface area contributed by atoms with E-state index in [1.807, 2.05) is 0 Å². The fraction of sp³-hybridized carbons (Fsp3) is 0.647. The van der Waals surface area contributed by atoms with Gasteiger partial charge in [0.25, 0.3) is 0 Å². The maximum absolute atomic E-state index is 3.81. The number of hydrogen-bond acceptors (Lipinski definition) is 1. The van der Waals surface area contributed by atoms with Gasteiger partial charge in [-0.25, -0.2) is 0 Å². The van der Waals surface area contributed by atoms with E-state index in [1.165, 1.54) is 43.2 Å². The van der Waals surface area contributed by atoms with Crippen LogP contribution in [-0.2, 0) is 0 Å². The van der Waals surface area contributed by atoms with Crippen molar-refractivity contribution in [3.05, 3.63) is 35.4 Å². The second kappa shape index (κ2) is 6.38. The van der Waals surface area contributed by atoms with E-state index < -0.39 is 0 Å². The van der Waals surface area contributed by atoms with Gasteiger partial charge in [0, 0.05) is 12.1 Å². The molecule has 1 aliphatic carbocycles. The Labute approximate surface area is 112 Å². The third-order valence-electron chi connectivity index (χ3n) is 4.45. The summed E-state index contributed by atoms with van der Waals surface area (Å²) < 4.78 is 0. The minimum absolute atomic E-state index is 0.480. The molecule has 1 aromatic carbocycles. The first-order valence-electron chi connectivity index (χ1n) is 7.51. The molecule has 1 aliphatic rings. The van der Waals surface area contributed by atoms with Crippen LogP contribution in [0.1, 0.15) is 63.1 Å². The van der Waals surface area contributed by atoms with Crippen LogP contribution in [0.15, 0.2) is 24.3 Å². The molecule has 0 aromatic heterocycles. The number of rotatable bonds is 4. The molecule has 0 aliphatic heterocycles. The van der Waals surface area contributed by atoms with Crippen LogP contribution in [0, 0.1) is 12.8 Å². The molecule has 0 heterocycles. The van der Waals surface area contributed by atoms with Crippen LogP contribution >= 0.6 is 0 Å². The molecular formula is C17H27N. The Balaban J connectivity index is 1.86. The third kappa shape index (κ3) is 3.58. The molecule has 0 radical (unpaired) electrons. The van der Waals surface area contributed by atoms with E-state index in [0.29, 0.717) is 6.04 Å². The molecule has 1 heteroatoms. The molecule has 1 aromatic rings. The fourth-order valence-electron chi connectivity index (χ4n) is 3.13. The summed E-state index contributed by atoms with van der Waals surface area (Å²) in [6, 6.07) is 10.1. The van der Waals surface area contributed by atoms with Crippen molar-refractivity contribution < 1.29 is 0 Å². The first-order chi connectivity index (χ1) is 8.69. The van der Waals surface area contributed by atoms with Gasteiger partial charge in [0.15, 0.2) is 0 Å². The van der Waals surface area contributed by atoms with E-state index in [9.17, 15) is 0 Å². The van der Waals surface area contributed by atoms with E-state index in [-0.39, 0.29) is 0 Å². The van der Waals surface area contributed by atoms with Crippen molar-refractivity contribution in [2.75, 3.05) is 0 Å². The van der Waals surface area contributed by atoms with Crippen molar-refractivity contribution >= 4 is 0 Å². The highest BCUT2D eigenvalue weighted by Gasteiger charge is 2.21. The van der Waals surface area contributed by atoms with Gasteiger partial charge in [-0.15, -0.1) is 0 Å². The van der Waals surface area contributed by atoms with Crippen LogP contribution in [0.2, 0.25) is 0 Å². The standard InChI is InChI=1S/C17H27N/c1-4-15-8-10-17(11-9-15)18-14(3)16-7-5-6-13(2)12-16/h5-7,12,14-15,17-18H,4,8-11H2,1-3H3. The van der Waals surface area contributed by atoms with Gasteiger partial charge in [0.05, 0.1) is 0 Å². The molecule has 1 nitrogen and oxygen atoms in total. The van der Waals surface area contributed by atoms with Crippen LogP contribution in [0.25, 0.3) is 0 Å². The van der Waals surface area contributed by atoms with E-state index in [2.05, 4.69) is 50.4 Å². The van der Waals surface area contributed by atoms with Crippen LogP contribution in [0.5, 0.6) is 0 Å². The summed E-state index contributed by atoms with van der Waals surface area (Å²) in [5.41, 5.74) is 2.78. The molecule has 100 valence electrons. The Morgan fingerprint density at radius 3 is 2.56 bits per heavy atom. The third-order valence-corrected chi connectivity index (χ3v) is 4.45. The fourth-order valence-corrected chi connectivity index (χ4v) is 3.13. The summed E-state index contributed by atoms with van der Waals surface area (Å²) in [4.78, 5) is 0. The predicted molar refractivity (Wildman–Crippen MR) is 78.8 cm³/mol.